The van der Waals surface area contributed by atoms with Gasteiger partial charge in [-0.2, -0.15) is 0 Å². The molecule has 0 saturated carbocycles. The van der Waals surface area contributed by atoms with Gasteiger partial charge in [0.1, 0.15) is 11.4 Å². The molecule has 3 aromatic rings. The van der Waals surface area contributed by atoms with Gasteiger partial charge in [-0.05, 0) is 44.0 Å². The van der Waals surface area contributed by atoms with Crippen LogP contribution in [0.2, 0.25) is 0 Å². The lowest BCUT2D eigenvalue weighted by Gasteiger charge is -2.25. The molecule has 3 heterocycles. The smallest absolute Gasteiger partial charge is 0.319 e. The monoisotopic (exact) mass is 440 g/mol. The van der Waals surface area contributed by atoms with E-state index in [1.165, 1.54) is 35.6 Å². The predicted molar refractivity (Wildman–Crippen MR) is 114 cm³/mol. The first-order chi connectivity index (χ1) is 14.8. The van der Waals surface area contributed by atoms with Gasteiger partial charge in [-0.15, -0.1) is 11.3 Å². The lowest BCUT2D eigenvalue weighted by Crippen LogP contribution is -2.43. The molecule has 1 N–H and O–H groups in total. The van der Waals surface area contributed by atoms with Gasteiger partial charge in [0.05, 0.1) is 6.54 Å². The molecule has 1 unspecified atom stereocenters. The van der Waals surface area contributed by atoms with Gasteiger partial charge in [-0.3, -0.25) is 19.1 Å². The Bertz CT molecular complexity index is 1170. The molecule has 3 amide bonds. The molecular formula is C22H21FN4O3S. The summed E-state index contributed by atoms with van der Waals surface area (Å²) in [4.78, 5) is 44.2. The molecule has 2 aromatic heterocycles. The van der Waals surface area contributed by atoms with Crippen molar-refractivity contribution in [3.63, 3.8) is 0 Å². The molecule has 1 saturated heterocycles. The highest BCUT2D eigenvalue weighted by atomic mass is 32.1. The third-order valence-electron chi connectivity index (χ3n) is 5.69. The predicted octanol–water partition coefficient (Wildman–Crippen LogP) is 3.73. The van der Waals surface area contributed by atoms with Crippen molar-refractivity contribution >= 4 is 29.1 Å². The first-order valence-corrected chi connectivity index (χ1v) is 10.7. The summed E-state index contributed by atoms with van der Waals surface area (Å²) in [5, 5.41) is 5.30. The van der Waals surface area contributed by atoms with E-state index in [1.54, 1.807) is 19.2 Å². The summed E-state index contributed by atoms with van der Waals surface area (Å²) in [5.74, 6) is -1.30. The zero-order valence-corrected chi connectivity index (χ0v) is 18.1. The normalized spacial score (nSPS) is 18.5. The maximum atomic E-state index is 13.4. The molecule has 1 atom stereocenters. The van der Waals surface area contributed by atoms with Crippen LogP contribution in [-0.2, 0) is 10.3 Å². The number of carbonyl (C=O) groups is 3. The topological polar surface area (TPSA) is 84.3 Å². The van der Waals surface area contributed by atoms with E-state index in [9.17, 15) is 18.8 Å². The number of carbonyl (C=O) groups excluding carboxylic acids is 3. The van der Waals surface area contributed by atoms with E-state index < -0.39 is 23.3 Å². The minimum absolute atomic E-state index is 0.270. The van der Waals surface area contributed by atoms with E-state index in [2.05, 4.69) is 10.3 Å². The van der Waals surface area contributed by atoms with Gasteiger partial charge < -0.3 is 5.32 Å². The van der Waals surface area contributed by atoms with Crippen LogP contribution in [0.25, 0.3) is 5.13 Å². The molecule has 4 rings (SSSR count). The number of hydrogen-bond donors (Lipinski definition) is 1. The number of imide groups is 1. The Balaban J connectivity index is 1.62. The Morgan fingerprint density at radius 2 is 1.94 bits per heavy atom. The number of aromatic nitrogens is 2. The molecular weight excluding hydrogens is 419 g/mol. The number of halogens is 1. The van der Waals surface area contributed by atoms with E-state index >= 15 is 0 Å². The largest absolute Gasteiger partial charge is 0.325 e. The summed E-state index contributed by atoms with van der Waals surface area (Å²) in [6.45, 7) is 5.06. The average molecular weight is 441 g/mol. The fourth-order valence-corrected chi connectivity index (χ4v) is 4.79. The molecule has 9 heteroatoms. The Morgan fingerprint density at radius 1 is 1.23 bits per heavy atom. The lowest BCUT2D eigenvalue weighted by molar-refractivity contribution is -0.131. The van der Waals surface area contributed by atoms with E-state index in [-0.39, 0.29) is 18.7 Å². The van der Waals surface area contributed by atoms with Gasteiger partial charge >= 0.3 is 6.03 Å². The van der Waals surface area contributed by atoms with Gasteiger partial charge in [0.2, 0.25) is 0 Å². The van der Waals surface area contributed by atoms with Gasteiger partial charge in [-0.1, -0.05) is 19.1 Å². The summed E-state index contributed by atoms with van der Waals surface area (Å²) in [5.41, 5.74) is 1.13. The van der Waals surface area contributed by atoms with Gasteiger partial charge in [0, 0.05) is 28.5 Å². The summed E-state index contributed by atoms with van der Waals surface area (Å²) in [6.07, 6.45) is 1.96. The van der Waals surface area contributed by atoms with E-state index in [4.69, 9.17) is 0 Å². The second kappa shape index (κ2) is 7.73. The number of hydrogen-bond acceptors (Lipinski definition) is 5. The second-order valence-electron chi connectivity index (χ2n) is 7.45. The Labute approximate surface area is 182 Å². The maximum absolute atomic E-state index is 13.4. The number of Topliss-reactive ketones (excluding diaryl/α,β-unsaturated/α-hetero) is 1. The summed E-state index contributed by atoms with van der Waals surface area (Å²) < 4.78 is 15.2. The number of ketones is 1. The van der Waals surface area contributed by atoms with Crippen LogP contribution in [0.4, 0.5) is 9.18 Å². The zero-order chi connectivity index (χ0) is 22.3. The fraction of sp³-hybridized carbons (Fsp3) is 0.273. The van der Waals surface area contributed by atoms with E-state index in [1.807, 2.05) is 23.8 Å². The van der Waals surface area contributed by atoms with Crippen molar-refractivity contribution in [3.8, 4) is 5.13 Å². The number of urea groups is 1. The Hall–Kier alpha value is -3.33. The van der Waals surface area contributed by atoms with Crippen LogP contribution in [0.1, 0.15) is 40.7 Å². The molecule has 0 spiro atoms. The molecule has 1 aliphatic rings. The van der Waals surface area contributed by atoms with Crippen LogP contribution in [0.15, 0.2) is 41.9 Å². The number of aryl methyl sites for hydroxylation is 1. The number of nitrogens with zero attached hydrogens (tertiary/aromatic N) is 3. The van der Waals surface area contributed by atoms with Gasteiger partial charge in [-0.25, -0.2) is 14.2 Å². The maximum Gasteiger partial charge on any atom is 0.325 e. The standard InChI is InChI=1S/C22H21FN4O3S/c1-4-22(15-5-7-16(23)8-6-15)19(29)26(20(30)25-22)12-18(28)17-11-13(2)27(14(17)3)21-24-9-10-31-21/h5-11H,4,12H2,1-3H3,(H,25,30). The fourth-order valence-electron chi connectivity index (χ4n) is 4.04. The SMILES string of the molecule is CCC1(c2ccc(F)cc2)NC(=O)N(CC(=O)c2cc(C)n(-c3nccs3)c2C)C1=O. The van der Waals surface area contributed by atoms with Crippen LogP contribution in [0.5, 0.6) is 0 Å². The van der Waals surface area contributed by atoms with Crippen molar-refractivity contribution < 1.29 is 18.8 Å². The number of nitrogens with one attached hydrogen (secondary N) is 1. The average Bonchev–Trinajstić information content (AvgIpc) is 3.43. The van der Waals surface area contributed by atoms with Gasteiger partial charge in [0.25, 0.3) is 5.91 Å². The minimum atomic E-state index is -1.32. The molecule has 1 fully saturated rings. The minimum Gasteiger partial charge on any atom is -0.319 e. The first kappa shape index (κ1) is 20.9. The van der Waals surface area contributed by atoms with Crippen molar-refractivity contribution in [1.82, 2.24) is 19.8 Å². The van der Waals surface area contributed by atoms with E-state index in [0.717, 1.165) is 15.7 Å². The number of benzene rings is 1. The van der Waals surface area contributed by atoms with Crippen LogP contribution in [0, 0.1) is 19.7 Å². The number of rotatable bonds is 6. The van der Waals surface area contributed by atoms with Crippen LogP contribution in [0.3, 0.4) is 0 Å². The van der Waals surface area contributed by atoms with E-state index in [0.29, 0.717) is 16.8 Å². The number of amides is 3. The van der Waals surface area contributed by atoms with Crippen molar-refractivity contribution in [2.45, 2.75) is 32.7 Å². The third kappa shape index (κ3) is 3.34. The Kier molecular flexibility index (Phi) is 5.22. The second-order valence-corrected chi connectivity index (χ2v) is 8.32. The molecule has 7 nitrogen and oxygen atoms in total. The van der Waals surface area contributed by atoms with Crippen molar-refractivity contribution in [2.24, 2.45) is 0 Å². The zero-order valence-electron chi connectivity index (χ0n) is 17.3. The summed E-state index contributed by atoms with van der Waals surface area (Å²) in [6, 6.07) is 6.54. The quantitative estimate of drug-likeness (QED) is 0.468. The summed E-state index contributed by atoms with van der Waals surface area (Å²) in [7, 11) is 0. The van der Waals surface area contributed by atoms with Crippen molar-refractivity contribution in [1.29, 1.82) is 0 Å². The number of thiazole rings is 1. The highest BCUT2D eigenvalue weighted by molar-refractivity contribution is 7.12. The van der Waals surface area contributed by atoms with Crippen LogP contribution in [-0.4, -0.2) is 38.7 Å². The van der Waals surface area contributed by atoms with Crippen molar-refractivity contribution in [2.75, 3.05) is 6.54 Å². The third-order valence-corrected chi connectivity index (χ3v) is 6.44. The molecule has 31 heavy (non-hydrogen) atoms. The lowest BCUT2D eigenvalue weighted by atomic mass is 9.87. The summed E-state index contributed by atoms with van der Waals surface area (Å²) >= 11 is 1.45. The molecule has 160 valence electrons. The molecule has 1 aromatic carbocycles. The van der Waals surface area contributed by atoms with Crippen LogP contribution < -0.4 is 5.32 Å². The molecule has 0 bridgehead atoms. The van der Waals surface area contributed by atoms with Gasteiger partial charge in [0.15, 0.2) is 10.9 Å². The highest BCUT2D eigenvalue weighted by Crippen LogP contribution is 2.33. The first-order valence-electron chi connectivity index (χ1n) is 9.80. The van der Waals surface area contributed by atoms with Crippen molar-refractivity contribution in [3.05, 3.63) is 70.2 Å². The highest BCUT2D eigenvalue weighted by Gasteiger charge is 2.51. The van der Waals surface area contributed by atoms with Crippen LogP contribution >= 0.6 is 11.3 Å². The molecule has 0 radical (unpaired) electrons. The molecule has 1 aliphatic heterocycles. The molecule has 0 aliphatic carbocycles. The Morgan fingerprint density at radius 3 is 2.55 bits per heavy atom.